The van der Waals surface area contributed by atoms with E-state index in [-0.39, 0.29) is 0 Å². The number of oxazole rings is 1. The maximum absolute atomic E-state index is 14.1. The summed E-state index contributed by atoms with van der Waals surface area (Å²) in [5, 5.41) is 2.44. The molecule has 0 saturated carbocycles. The topological polar surface area (TPSA) is 82.2 Å². The predicted molar refractivity (Wildman–Crippen MR) is 83.2 cm³/mol. The molecule has 3 aromatic rings. The number of halogens is 1. The Balaban J connectivity index is 2.18. The van der Waals surface area contributed by atoms with Crippen LogP contribution < -0.4 is 5.76 Å². The molecule has 2 heterocycles. The van der Waals surface area contributed by atoms with Crippen LogP contribution in [-0.2, 0) is 9.84 Å². The van der Waals surface area contributed by atoms with Gasteiger partial charge in [0, 0.05) is 17.2 Å². The van der Waals surface area contributed by atoms with Crippen LogP contribution in [0.4, 0.5) is 4.39 Å². The van der Waals surface area contributed by atoms with Crippen LogP contribution >= 0.6 is 11.3 Å². The van der Waals surface area contributed by atoms with Crippen LogP contribution in [0.1, 0.15) is 5.01 Å². The van der Waals surface area contributed by atoms with E-state index in [2.05, 4.69) is 4.98 Å². The van der Waals surface area contributed by atoms with Gasteiger partial charge in [-0.3, -0.25) is 0 Å². The third-order valence-electron chi connectivity index (χ3n) is 3.16. The zero-order valence-corrected chi connectivity index (χ0v) is 13.7. The minimum atomic E-state index is -3.66. The molecule has 0 spiro atoms. The number of hydrogen-bond donors (Lipinski definition) is 0. The number of thiazole rings is 1. The van der Waals surface area contributed by atoms with Crippen molar-refractivity contribution in [2.24, 2.45) is 0 Å². The van der Waals surface area contributed by atoms with E-state index in [1.807, 2.05) is 0 Å². The highest BCUT2D eigenvalue weighted by Gasteiger charge is 2.18. The Kier molecular flexibility index (Phi) is 3.69. The summed E-state index contributed by atoms with van der Waals surface area (Å²) in [5.41, 5.74) is 0.602. The van der Waals surface area contributed by atoms with Crippen LogP contribution in [0.15, 0.2) is 43.9 Å². The highest BCUT2D eigenvalue weighted by Crippen LogP contribution is 2.26. The average molecular weight is 354 g/mol. The minimum Gasteiger partial charge on any atom is -0.415 e. The zero-order chi connectivity index (χ0) is 16.8. The molecular formula is C14H11FN2O4S2. The van der Waals surface area contributed by atoms with Gasteiger partial charge in [-0.1, -0.05) is 6.07 Å². The second-order valence-corrected chi connectivity index (χ2v) is 7.91. The Labute approximate surface area is 134 Å². The van der Waals surface area contributed by atoms with E-state index < -0.39 is 26.3 Å². The van der Waals surface area contributed by atoms with E-state index >= 15 is 0 Å². The molecule has 3 rings (SSSR count). The fourth-order valence-electron chi connectivity index (χ4n) is 2.14. The first-order chi connectivity index (χ1) is 10.8. The van der Waals surface area contributed by atoms with E-state index in [0.29, 0.717) is 17.1 Å². The SMILES string of the molecule is Cc1nc(-n2c(-c3ccc(S(C)(=O)=O)c(F)c3)coc2=O)cs1. The molecule has 0 aliphatic carbocycles. The summed E-state index contributed by atoms with van der Waals surface area (Å²) in [4.78, 5) is 15.7. The van der Waals surface area contributed by atoms with E-state index in [1.165, 1.54) is 28.2 Å². The molecule has 23 heavy (non-hydrogen) atoms. The second-order valence-electron chi connectivity index (χ2n) is 4.86. The van der Waals surface area contributed by atoms with Gasteiger partial charge in [0.15, 0.2) is 15.7 Å². The molecule has 0 atom stereocenters. The third kappa shape index (κ3) is 2.84. The van der Waals surface area contributed by atoms with Crippen molar-refractivity contribution in [3.8, 4) is 17.1 Å². The Bertz CT molecular complexity index is 1050. The van der Waals surface area contributed by atoms with Gasteiger partial charge in [-0.05, 0) is 19.1 Å². The van der Waals surface area contributed by atoms with Gasteiger partial charge in [0.05, 0.1) is 10.7 Å². The Morgan fingerprint density at radius 1 is 1.35 bits per heavy atom. The molecule has 0 radical (unpaired) electrons. The van der Waals surface area contributed by atoms with Gasteiger partial charge in [0.25, 0.3) is 0 Å². The lowest BCUT2D eigenvalue weighted by Crippen LogP contribution is -2.13. The summed E-state index contributed by atoms with van der Waals surface area (Å²) in [6.07, 6.45) is 2.11. The molecule has 0 fully saturated rings. The number of hydrogen-bond acceptors (Lipinski definition) is 6. The molecule has 0 saturated heterocycles. The Morgan fingerprint density at radius 3 is 2.65 bits per heavy atom. The summed E-state index contributed by atoms with van der Waals surface area (Å²) in [5.74, 6) is -1.17. The highest BCUT2D eigenvalue weighted by molar-refractivity contribution is 7.90. The molecule has 120 valence electrons. The summed E-state index contributed by atoms with van der Waals surface area (Å²) in [6, 6.07) is 3.63. The average Bonchev–Trinajstić information content (AvgIpc) is 3.03. The van der Waals surface area contributed by atoms with Crippen molar-refractivity contribution < 1.29 is 17.2 Å². The lowest BCUT2D eigenvalue weighted by Gasteiger charge is -2.06. The molecule has 0 amide bonds. The number of nitrogens with zero attached hydrogens (tertiary/aromatic N) is 2. The number of aryl methyl sites for hydroxylation is 1. The van der Waals surface area contributed by atoms with Gasteiger partial charge in [0.1, 0.15) is 17.0 Å². The largest absolute Gasteiger partial charge is 0.425 e. The van der Waals surface area contributed by atoms with Crippen LogP contribution in [0, 0.1) is 12.7 Å². The van der Waals surface area contributed by atoms with E-state index in [0.717, 1.165) is 23.4 Å². The Hall–Kier alpha value is -2.26. The molecular weight excluding hydrogens is 343 g/mol. The van der Waals surface area contributed by atoms with Crippen LogP contribution in [0.2, 0.25) is 0 Å². The fraction of sp³-hybridized carbons (Fsp3) is 0.143. The van der Waals surface area contributed by atoms with Crippen molar-refractivity contribution in [2.75, 3.05) is 6.26 Å². The van der Waals surface area contributed by atoms with Crippen molar-refractivity contribution in [1.82, 2.24) is 9.55 Å². The molecule has 0 unspecified atom stereocenters. The van der Waals surface area contributed by atoms with Gasteiger partial charge in [0.2, 0.25) is 0 Å². The van der Waals surface area contributed by atoms with Crippen molar-refractivity contribution in [1.29, 1.82) is 0 Å². The monoisotopic (exact) mass is 354 g/mol. The van der Waals surface area contributed by atoms with Crippen LogP contribution in [0.3, 0.4) is 0 Å². The third-order valence-corrected chi connectivity index (χ3v) is 5.05. The van der Waals surface area contributed by atoms with Crippen molar-refractivity contribution in [2.45, 2.75) is 11.8 Å². The molecule has 9 heteroatoms. The maximum atomic E-state index is 14.1. The first-order valence-electron chi connectivity index (χ1n) is 6.40. The summed E-state index contributed by atoms with van der Waals surface area (Å²) in [7, 11) is -3.66. The second kappa shape index (κ2) is 5.43. The highest BCUT2D eigenvalue weighted by atomic mass is 32.2. The van der Waals surface area contributed by atoms with E-state index in [9.17, 15) is 17.6 Å². The number of rotatable bonds is 3. The first kappa shape index (κ1) is 15.6. The lowest BCUT2D eigenvalue weighted by molar-refractivity contribution is 0.503. The smallest absolute Gasteiger partial charge is 0.415 e. The van der Waals surface area contributed by atoms with Gasteiger partial charge >= 0.3 is 5.76 Å². The summed E-state index contributed by atoms with van der Waals surface area (Å²) in [6.45, 7) is 1.79. The molecule has 6 nitrogen and oxygen atoms in total. The molecule has 0 bridgehead atoms. The van der Waals surface area contributed by atoms with Gasteiger partial charge in [-0.15, -0.1) is 11.3 Å². The van der Waals surface area contributed by atoms with Crippen molar-refractivity contribution >= 4 is 21.2 Å². The molecule has 1 aromatic carbocycles. The summed E-state index contributed by atoms with van der Waals surface area (Å²) < 4.78 is 43.1. The summed E-state index contributed by atoms with van der Waals surface area (Å²) >= 11 is 1.36. The van der Waals surface area contributed by atoms with Gasteiger partial charge in [-0.2, -0.15) is 0 Å². The number of benzene rings is 1. The zero-order valence-electron chi connectivity index (χ0n) is 12.1. The van der Waals surface area contributed by atoms with Gasteiger partial charge in [-0.25, -0.2) is 27.2 Å². The molecule has 0 aliphatic rings. The molecule has 0 N–H and O–H groups in total. The van der Waals surface area contributed by atoms with Crippen molar-refractivity contribution in [3.63, 3.8) is 0 Å². The lowest BCUT2D eigenvalue weighted by atomic mass is 10.1. The van der Waals surface area contributed by atoms with Gasteiger partial charge < -0.3 is 4.42 Å². The Morgan fingerprint density at radius 2 is 2.09 bits per heavy atom. The van der Waals surface area contributed by atoms with Crippen LogP contribution in [0.25, 0.3) is 17.1 Å². The minimum absolute atomic E-state index is 0.291. The quantitative estimate of drug-likeness (QED) is 0.721. The standard InChI is InChI=1S/C14H11FN2O4S2/c1-8-16-13(7-22-8)17-11(6-21-14(17)18)9-3-4-12(10(15)5-9)23(2,19)20/h3-7H,1-2H3. The fourth-order valence-corrected chi connectivity index (χ4v) is 3.45. The normalized spacial score (nSPS) is 11.8. The van der Waals surface area contributed by atoms with E-state index in [4.69, 9.17) is 4.42 Å². The van der Waals surface area contributed by atoms with Crippen LogP contribution in [-0.4, -0.2) is 24.2 Å². The predicted octanol–water partition coefficient (Wildman–Crippen LogP) is 2.41. The first-order valence-corrected chi connectivity index (χ1v) is 9.17. The van der Waals surface area contributed by atoms with E-state index in [1.54, 1.807) is 12.3 Å². The number of aromatic nitrogens is 2. The van der Waals surface area contributed by atoms with Crippen molar-refractivity contribution in [3.05, 3.63) is 51.2 Å². The maximum Gasteiger partial charge on any atom is 0.425 e. The van der Waals surface area contributed by atoms with Crippen LogP contribution in [0.5, 0.6) is 0 Å². The number of sulfone groups is 1. The molecule has 0 aliphatic heterocycles. The molecule has 2 aromatic heterocycles.